The molecular weight excluding hydrogens is 444 g/mol. The van der Waals surface area contributed by atoms with E-state index < -0.39 is 10.4 Å². The quantitative estimate of drug-likeness (QED) is 0.0689. The van der Waals surface area contributed by atoms with E-state index in [1.807, 2.05) is 0 Å². The molecule has 0 spiro atoms. The molecule has 0 rings (SSSR count). The highest BCUT2D eigenvalue weighted by Gasteiger charge is 2.11. The first-order chi connectivity index (χ1) is 16.5. The summed E-state index contributed by atoms with van der Waals surface area (Å²) in [4.78, 5) is 0. The van der Waals surface area contributed by atoms with Gasteiger partial charge in [-0.15, -0.1) is 0 Å². The van der Waals surface area contributed by atoms with Gasteiger partial charge in [0.25, 0.3) is 0 Å². The molecule has 0 aliphatic carbocycles. The summed E-state index contributed by atoms with van der Waals surface area (Å²) in [6.07, 6.45) is 34.0. The van der Waals surface area contributed by atoms with Gasteiger partial charge in [0.05, 0.1) is 6.61 Å². The van der Waals surface area contributed by atoms with Crippen molar-refractivity contribution in [3.8, 4) is 0 Å². The fourth-order valence-electron chi connectivity index (χ4n) is 4.52. The Bertz CT molecular complexity index is 530. The molecule has 0 saturated carbocycles. The molecule has 5 heteroatoms. The molecule has 34 heavy (non-hydrogen) atoms. The Morgan fingerprint density at radius 2 is 1.00 bits per heavy atom. The van der Waals surface area contributed by atoms with E-state index in [2.05, 4.69) is 30.2 Å². The maximum Gasteiger partial charge on any atom is 0.397 e. The summed E-state index contributed by atoms with van der Waals surface area (Å²) < 4.78 is 35.5. The molecule has 1 atom stereocenters. The van der Waals surface area contributed by atoms with Crippen LogP contribution in [0.5, 0.6) is 0 Å². The second-order valence-corrected chi connectivity index (χ2v) is 11.3. The van der Waals surface area contributed by atoms with E-state index in [0.717, 1.165) is 19.3 Å². The third-order valence-electron chi connectivity index (χ3n) is 6.74. The van der Waals surface area contributed by atoms with Crippen LogP contribution in [0.15, 0.2) is 12.2 Å². The highest BCUT2D eigenvalue weighted by atomic mass is 32.3. The Labute approximate surface area is 213 Å². The zero-order chi connectivity index (χ0) is 25.2. The van der Waals surface area contributed by atoms with E-state index in [1.54, 1.807) is 0 Å². The standard InChI is InChI=1S/C29H58O4S/c1-3-5-7-9-11-13-14-15-16-17-18-19-21-23-25-27-29(28-33-34(30,31)32)26-24-22-20-12-10-8-6-4-2/h25,27,29H,3-24,26,28H2,1-2H3,(H,30,31,32)/b27-25+. The zero-order valence-electron chi connectivity index (χ0n) is 22.8. The van der Waals surface area contributed by atoms with Gasteiger partial charge in [0.2, 0.25) is 0 Å². The van der Waals surface area contributed by atoms with E-state index >= 15 is 0 Å². The minimum Gasteiger partial charge on any atom is -0.264 e. The van der Waals surface area contributed by atoms with Gasteiger partial charge in [-0.05, 0) is 19.3 Å². The minimum absolute atomic E-state index is 0.0461. The maximum absolute atomic E-state index is 11.0. The Morgan fingerprint density at radius 1 is 0.618 bits per heavy atom. The molecule has 0 radical (unpaired) electrons. The molecular formula is C29H58O4S. The summed E-state index contributed by atoms with van der Waals surface area (Å²) in [7, 11) is -4.36. The third-order valence-corrected chi connectivity index (χ3v) is 7.18. The number of allylic oxidation sites excluding steroid dienone is 1. The van der Waals surface area contributed by atoms with Crippen molar-refractivity contribution in [1.82, 2.24) is 0 Å². The molecule has 1 unspecified atom stereocenters. The molecule has 0 fully saturated rings. The molecule has 1 N–H and O–H groups in total. The maximum atomic E-state index is 11.0. The van der Waals surface area contributed by atoms with Crippen LogP contribution >= 0.6 is 0 Å². The van der Waals surface area contributed by atoms with Gasteiger partial charge in [0.15, 0.2) is 0 Å². The lowest BCUT2D eigenvalue weighted by Crippen LogP contribution is -2.12. The molecule has 0 saturated heterocycles. The van der Waals surface area contributed by atoms with Crippen molar-refractivity contribution in [2.75, 3.05) is 6.61 Å². The van der Waals surface area contributed by atoms with Crippen molar-refractivity contribution in [3.05, 3.63) is 12.2 Å². The van der Waals surface area contributed by atoms with Gasteiger partial charge >= 0.3 is 10.4 Å². The van der Waals surface area contributed by atoms with Crippen molar-refractivity contribution in [2.45, 2.75) is 162 Å². The minimum atomic E-state index is -4.36. The van der Waals surface area contributed by atoms with Crippen LogP contribution in [0.1, 0.15) is 162 Å². The predicted octanol–water partition coefficient (Wildman–Crippen LogP) is 9.99. The van der Waals surface area contributed by atoms with Crippen LogP contribution in [0, 0.1) is 5.92 Å². The molecule has 0 aromatic heterocycles. The van der Waals surface area contributed by atoms with E-state index in [0.29, 0.717) is 0 Å². The summed E-state index contributed by atoms with van der Waals surface area (Å²) in [5.74, 6) is 0.0592. The van der Waals surface area contributed by atoms with Crippen molar-refractivity contribution < 1.29 is 17.2 Å². The Hall–Kier alpha value is -0.390. The molecule has 0 amide bonds. The average Bonchev–Trinajstić information content (AvgIpc) is 2.80. The molecule has 204 valence electrons. The first kappa shape index (κ1) is 33.6. The summed E-state index contributed by atoms with van der Waals surface area (Å²) in [5.41, 5.74) is 0. The van der Waals surface area contributed by atoms with Crippen LogP contribution in [0.3, 0.4) is 0 Å². The van der Waals surface area contributed by atoms with Gasteiger partial charge in [0, 0.05) is 5.92 Å². The lowest BCUT2D eigenvalue weighted by Gasteiger charge is -2.12. The summed E-state index contributed by atoms with van der Waals surface area (Å²) in [6, 6.07) is 0. The average molecular weight is 503 g/mol. The van der Waals surface area contributed by atoms with E-state index in [-0.39, 0.29) is 12.5 Å². The normalized spacial score (nSPS) is 13.1. The van der Waals surface area contributed by atoms with Crippen LogP contribution in [0.25, 0.3) is 0 Å². The second kappa shape index (κ2) is 25.7. The molecule has 0 bridgehead atoms. The van der Waals surface area contributed by atoms with Crippen molar-refractivity contribution in [2.24, 2.45) is 5.92 Å². The lowest BCUT2D eigenvalue weighted by atomic mass is 9.99. The predicted molar refractivity (Wildman–Crippen MR) is 148 cm³/mol. The zero-order valence-corrected chi connectivity index (χ0v) is 23.6. The number of hydrogen-bond donors (Lipinski definition) is 1. The largest absolute Gasteiger partial charge is 0.397 e. The number of hydrogen-bond acceptors (Lipinski definition) is 3. The van der Waals surface area contributed by atoms with Crippen LogP contribution in [-0.4, -0.2) is 19.6 Å². The molecule has 0 aliphatic rings. The first-order valence-electron chi connectivity index (χ1n) is 14.8. The van der Waals surface area contributed by atoms with Gasteiger partial charge in [-0.2, -0.15) is 8.42 Å². The monoisotopic (exact) mass is 502 g/mol. The van der Waals surface area contributed by atoms with Crippen molar-refractivity contribution >= 4 is 10.4 Å². The van der Waals surface area contributed by atoms with Gasteiger partial charge in [-0.3, -0.25) is 4.55 Å². The lowest BCUT2D eigenvalue weighted by molar-refractivity contribution is 0.234. The smallest absolute Gasteiger partial charge is 0.264 e. The van der Waals surface area contributed by atoms with E-state index in [9.17, 15) is 8.42 Å². The van der Waals surface area contributed by atoms with Crippen molar-refractivity contribution in [1.29, 1.82) is 0 Å². The fourth-order valence-corrected chi connectivity index (χ4v) is 4.86. The Morgan fingerprint density at radius 3 is 1.41 bits per heavy atom. The fraction of sp³-hybridized carbons (Fsp3) is 0.931. The van der Waals surface area contributed by atoms with Gasteiger partial charge < -0.3 is 0 Å². The van der Waals surface area contributed by atoms with E-state index in [1.165, 1.54) is 128 Å². The topological polar surface area (TPSA) is 63.6 Å². The highest BCUT2D eigenvalue weighted by Crippen LogP contribution is 2.17. The van der Waals surface area contributed by atoms with Gasteiger partial charge in [0.1, 0.15) is 0 Å². The first-order valence-corrected chi connectivity index (χ1v) is 16.1. The van der Waals surface area contributed by atoms with Gasteiger partial charge in [-0.25, -0.2) is 4.18 Å². The third kappa shape index (κ3) is 27.9. The van der Waals surface area contributed by atoms with Gasteiger partial charge in [-0.1, -0.05) is 154 Å². The molecule has 0 aliphatic heterocycles. The van der Waals surface area contributed by atoms with Crippen LogP contribution in [0.2, 0.25) is 0 Å². The van der Waals surface area contributed by atoms with Crippen molar-refractivity contribution in [3.63, 3.8) is 0 Å². The summed E-state index contributed by atoms with van der Waals surface area (Å²) in [5, 5.41) is 0. The SMILES string of the molecule is CCCCCCCCCCCCCCC/C=C/C(CCCCCCCCCC)COS(=O)(=O)O. The van der Waals surface area contributed by atoms with Crippen LogP contribution < -0.4 is 0 Å². The molecule has 0 aromatic rings. The Balaban J connectivity index is 3.79. The number of rotatable bonds is 27. The highest BCUT2D eigenvalue weighted by molar-refractivity contribution is 7.80. The van der Waals surface area contributed by atoms with Crippen LogP contribution in [-0.2, 0) is 14.6 Å². The molecule has 4 nitrogen and oxygen atoms in total. The molecule has 0 aromatic carbocycles. The number of unbranched alkanes of at least 4 members (excludes halogenated alkanes) is 20. The van der Waals surface area contributed by atoms with Crippen LogP contribution in [0.4, 0.5) is 0 Å². The second-order valence-electron chi connectivity index (χ2n) is 10.2. The summed E-state index contributed by atoms with van der Waals surface area (Å²) in [6.45, 7) is 4.56. The Kier molecular flexibility index (Phi) is 25.4. The molecule has 0 heterocycles. The summed E-state index contributed by atoms with van der Waals surface area (Å²) >= 11 is 0. The van der Waals surface area contributed by atoms with E-state index in [4.69, 9.17) is 4.55 Å².